The van der Waals surface area contributed by atoms with Crippen LogP contribution in [0.1, 0.15) is 77.8 Å². The number of amides is 5. The topological polar surface area (TPSA) is 234 Å². The molecule has 2 unspecified atom stereocenters. The van der Waals surface area contributed by atoms with E-state index in [0.717, 1.165) is 28.0 Å². The van der Waals surface area contributed by atoms with Gasteiger partial charge >= 0.3 is 12.1 Å². The van der Waals surface area contributed by atoms with Crippen LogP contribution in [0.15, 0.2) is 120 Å². The number of nitrogens with zero attached hydrogens (tertiary/aromatic N) is 4. The van der Waals surface area contributed by atoms with E-state index in [4.69, 9.17) is 43.1 Å². The summed E-state index contributed by atoms with van der Waals surface area (Å²) in [5.41, 5.74) is 5.70. The van der Waals surface area contributed by atoms with Crippen LogP contribution in [0.4, 0.5) is 21.9 Å². The van der Waals surface area contributed by atoms with Crippen molar-refractivity contribution in [2.24, 2.45) is 15.9 Å². The highest BCUT2D eigenvalue weighted by Gasteiger charge is 2.36. The molecule has 0 radical (unpaired) electrons. The molecule has 20 heteroatoms. The van der Waals surface area contributed by atoms with Crippen LogP contribution in [0.2, 0.25) is 0 Å². The monoisotopic (exact) mass is 1080 g/mol. The fourth-order valence-corrected chi connectivity index (χ4v) is 9.22. The highest BCUT2D eigenvalue weighted by atomic mass is 16.6. The van der Waals surface area contributed by atoms with E-state index in [1.807, 2.05) is 30.5 Å². The van der Waals surface area contributed by atoms with E-state index in [2.05, 4.69) is 29.1 Å². The van der Waals surface area contributed by atoms with Gasteiger partial charge in [-0.05, 0) is 71.0 Å². The van der Waals surface area contributed by atoms with Crippen LogP contribution in [0, 0.1) is 5.92 Å². The predicted octanol–water partition coefficient (Wildman–Crippen LogP) is 8.37. The van der Waals surface area contributed by atoms with Crippen LogP contribution < -0.4 is 39.6 Å². The number of benzene rings is 4. The lowest BCUT2D eigenvalue weighted by atomic mass is 10.0. The number of carbonyl (C=O) groups excluding carboxylic acids is 6. The Morgan fingerprint density at radius 3 is 1.68 bits per heavy atom. The second kappa shape index (κ2) is 25.8. The minimum Gasteiger partial charge on any atom is -0.497 e. The van der Waals surface area contributed by atoms with E-state index in [1.54, 1.807) is 97.9 Å². The number of ether oxygens (including phenoxy) is 7. The second-order valence-electron chi connectivity index (χ2n) is 19.0. The van der Waals surface area contributed by atoms with E-state index < -0.39 is 42.0 Å². The molecule has 3 N–H and O–H groups in total. The summed E-state index contributed by atoms with van der Waals surface area (Å²) in [6, 6.07) is 18.5. The van der Waals surface area contributed by atoms with Gasteiger partial charge in [0.2, 0.25) is 11.8 Å². The van der Waals surface area contributed by atoms with Crippen molar-refractivity contribution in [1.29, 1.82) is 0 Å². The molecule has 4 atom stereocenters. The lowest BCUT2D eigenvalue weighted by Crippen LogP contribution is -2.54. The standard InChI is InChI=1S/C59H63N7O13/c1-8-21-78-53(67)20-19-46(63-56(69)54(35(3)4)64-59(72)79-22-9-2)55(68)62-40-15-11-36(12-16-40)38-25-41-31-60-47-29-51(49(74-6)27-44(47)57(70)65(41)33-38)76-23-10-24-77-52-30-48-45(28-50(52)75-7)58(71)66-34-39(26-42(66)32-61-48)37-13-17-43(73-5)18-14-37/h8-9,11-18,27-35,41-42,46,54H,1-2,10,19-26H2,3-7H3,(H,62,68)(H,63,69)(H,64,72)/t41-,42?,46-,54?/m0/s1. The molecule has 4 aromatic rings. The summed E-state index contributed by atoms with van der Waals surface area (Å²) in [5.74, 6) is -0.368. The van der Waals surface area contributed by atoms with Gasteiger partial charge in [0.1, 0.15) is 31.0 Å². The van der Waals surface area contributed by atoms with Crippen molar-refractivity contribution in [3.63, 3.8) is 0 Å². The van der Waals surface area contributed by atoms with E-state index in [1.165, 1.54) is 26.4 Å². The average molecular weight is 1080 g/mol. The molecule has 4 aliphatic heterocycles. The molecule has 0 saturated heterocycles. The van der Waals surface area contributed by atoms with Gasteiger partial charge in [0, 0.05) is 68.3 Å². The van der Waals surface area contributed by atoms with Crippen molar-refractivity contribution in [1.82, 2.24) is 20.4 Å². The maximum atomic E-state index is 14.2. The first kappa shape index (κ1) is 56.0. The minimum absolute atomic E-state index is 0.0127. The number of anilines is 1. The molecule has 412 valence electrons. The van der Waals surface area contributed by atoms with Gasteiger partial charge < -0.3 is 58.9 Å². The van der Waals surface area contributed by atoms with Crippen molar-refractivity contribution >= 4 is 76.3 Å². The van der Waals surface area contributed by atoms with E-state index >= 15 is 0 Å². The minimum atomic E-state index is -1.19. The Labute approximate surface area is 457 Å². The number of hydrogen-bond donors (Lipinski definition) is 3. The molecule has 0 bridgehead atoms. The zero-order valence-electron chi connectivity index (χ0n) is 44.7. The Hall–Kier alpha value is -9.20. The predicted molar refractivity (Wildman–Crippen MR) is 297 cm³/mol. The molecule has 0 spiro atoms. The lowest BCUT2D eigenvalue weighted by molar-refractivity contribution is -0.143. The van der Waals surface area contributed by atoms with Crippen molar-refractivity contribution in [2.45, 2.75) is 70.1 Å². The smallest absolute Gasteiger partial charge is 0.408 e. The average Bonchev–Trinajstić information content (AvgIpc) is 4.21. The Bertz CT molecular complexity index is 3110. The Kier molecular flexibility index (Phi) is 18.3. The summed E-state index contributed by atoms with van der Waals surface area (Å²) in [6.07, 6.45) is 10.4. The largest absolute Gasteiger partial charge is 0.497 e. The normalized spacial score (nSPS) is 16.5. The van der Waals surface area contributed by atoms with Gasteiger partial charge in [-0.1, -0.05) is 63.4 Å². The molecule has 79 heavy (non-hydrogen) atoms. The summed E-state index contributed by atoms with van der Waals surface area (Å²) in [6.45, 7) is 10.9. The molecule has 20 nitrogen and oxygen atoms in total. The fraction of sp³-hybridized carbons (Fsp3) is 0.322. The molecular formula is C59H63N7O13. The van der Waals surface area contributed by atoms with E-state index in [0.29, 0.717) is 70.4 Å². The highest BCUT2D eigenvalue weighted by molar-refractivity contribution is 6.07. The second-order valence-corrected chi connectivity index (χ2v) is 19.0. The van der Waals surface area contributed by atoms with Gasteiger partial charge in [-0.3, -0.25) is 34.0 Å². The molecule has 4 aliphatic rings. The third-order valence-electron chi connectivity index (χ3n) is 13.4. The fourth-order valence-electron chi connectivity index (χ4n) is 9.22. The van der Waals surface area contributed by atoms with Crippen molar-refractivity contribution < 1.29 is 61.9 Å². The molecule has 8 rings (SSSR count). The Balaban J connectivity index is 0.866. The number of rotatable bonds is 24. The van der Waals surface area contributed by atoms with Crippen LogP contribution in [0.5, 0.6) is 28.7 Å². The van der Waals surface area contributed by atoms with Crippen LogP contribution in [0.3, 0.4) is 0 Å². The number of nitrogens with one attached hydrogen (secondary N) is 3. The van der Waals surface area contributed by atoms with Crippen LogP contribution in [-0.4, -0.2) is 130 Å². The van der Waals surface area contributed by atoms with Gasteiger partial charge in [-0.2, -0.15) is 0 Å². The van der Waals surface area contributed by atoms with Crippen molar-refractivity contribution in [3.8, 4) is 28.7 Å². The van der Waals surface area contributed by atoms with Gasteiger partial charge in [0.25, 0.3) is 11.8 Å². The molecule has 5 amide bonds. The zero-order valence-corrected chi connectivity index (χ0v) is 44.7. The number of hydrogen-bond acceptors (Lipinski definition) is 15. The molecule has 0 saturated carbocycles. The molecule has 0 aliphatic carbocycles. The number of fused-ring (bicyclic) bond motifs is 4. The van der Waals surface area contributed by atoms with Crippen molar-refractivity contribution in [3.05, 3.63) is 133 Å². The van der Waals surface area contributed by atoms with Crippen LogP contribution in [-0.2, 0) is 23.9 Å². The summed E-state index contributed by atoms with van der Waals surface area (Å²) in [7, 11) is 4.63. The maximum Gasteiger partial charge on any atom is 0.408 e. The van der Waals surface area contributed by atoms with Gasteiger partial charge in [0.15, 0.2) is 23.0 Å². The summed E-state index contributed by atoms with van der Waals surface area (Å²) >= 11 is 0. The van der Waals surface area contributed by atoms with Crippen molar-refractivity contribution in [2.75, 3.05) is 53.1 Å². The maximum absolute atomic E-state index is 14.2. The Morgan fingerprint density at radius 1 is 0.671 bits per heavy atom. The number of alkyl carbamates (subject to hydrolysis) is 1. The number of carbonyl (C=O) groups is 6. The first-order valence-corrected chi connectivity index (χ1v) is 25.7. The van der Waals surface area contributed by atoms with Gasteiger partial charge in [-0.25, -0.2) is 4.79 Å². The number of aliphatic imine (C=N–C) groups is 2. The van der Waals surface area contributed by atoms with Gasteiger partial charge in [0.05, 0.1) is 69.1 Å². The number of esters is 1. The summed E-state index contributed by atoms with van der Waals surface area (Å²) in [5, 5.41) is 8.01. The zero-order chi connectivity index (χ0) is 56.2. The SMILES string of the molecule is C=CCOC(=O)CC[C@H](NC(=O)C(NC(=O)OCC=C)C(C)C)C(=O)Nc1ccc(C2=CN3C(=O)c4cc(OC)c(OCCCOc5cc6c(cc5OC)C(=O)N5C=C(c7ccc(OC)cc7)CC5C=N6)cc4N=C[C@@H]3C2)cc1. The third-order valence-corrected chi connectivity index (χ3v) is 13.4. The molecular weight excluding hydrogens is 1010 g/mol. The molecule has 4 aromatic carbocycles. The lowest BCUT2D eigenvalue weighted by Gasteiger charge is -2.25. The first-order valence-electron chi connectivity index (χ1n) is 25.7. The highest BCUT2D eigenvalue weighted by Crippen LogP contribution is 2.42. The quantitative estimate of drug-likeness (QED) is 0.0340. The third kappa shape index (κ3) is 13.3. The van der Waals surface area contributed by atoms with Gasteiger partial charge in [-0.15, -0.1) is 0 Å². The number of methoxy groups -OCH3 is 3. The molecule has 0 fully saturated rings. The van der Waals surface area contributed by atoms with Crippen LogP contribution in [0.25, 0.3) is 11.1 Å². The first-order chi connectivity index (χ1) is 38.2. The van der Waals surface area contributed by atoms with E-state index in [-0.39, 0.29) is 63.0 Å². The van der Waals surface area contributed by atoms with E-state index in [9.17, 15) is 28.8 Å². The molecule has 0 aromatic heterocycles. The van der Waals surface area contributed by atoms with Crippen LogP contribution >= 0.6 is 0 Å². The summed E-state index contributed by atoms with van der Waals surface area (Å²) in [4.78, 5) is 92.7. The molecule has 4 heterocycles. The Morgan fingerprint density at radius 2 is 1.19 bits per heavy atom. The summed E-state index contributed by atoms with van der Waals surface area (Å²) < 4.78 is 39.0.